The second kappa shape index (κ2) is 6.18. The molecule has 0 spiro atoms. The van der Waals surface area contributed by atoms with Gasteiger partial charge in [-0.05, 0) is 31.4 Å². The van der Waals surface area contributed by atoms with E-state index in [9.17, 15) is 4.79 Å². The molecular formula is C14H18N4O2. The minimum absolute atomic E-state index is 0.0806. The van der Waals surface area contributed by atoms with Crippen LogP contribution in [0.4, 0.5) is 0 Å². The van der Waals surface area contributed by atoms with Crippen LogP contribution in [0.1, 0.15) is 25.8 Å². The number of fused-ring (bicyclic) bond motifs is 1. The Morgan fingerprint density at radius 2 is 2.35 bits per heavy atom. The number of carbonyl (C=O) groups is 1. The van der Waals surface area contributed by atoms with Crippen LogP contribution in [0.2, 0.25) is 0 Å². The highest BCUT2D eigenvalue weighted by molar-refractivity contribution is 5.87. The van der Waals surface area contributed by atoms with E-state index in [1.165, 1.54) is 12.4 Å². The maximum absolute atomic E-state index is 10.7. The molecule has 2 heterocycles. The van der Waals surface area contributed by atoms with Gasteiger partial charge in [-0.1, -0.05) is 13.0 Å². The fourth-order valence-electron chi connectivity index (χ4n) is 1.82. The Hall–Kier alpha value is -2.37. The smallest absolute Gasteiger partial charge is 0.241 e. The third kappa shape index (κ3) is 3.14. The Morgan fingerprint density at radius 3 is 3.05 bits per heavy atom. The molecule has 20 heavy (non-hydrogen) atoms. The Bertz CT molecular complexity index is 633. The van der Waals surface area contributed by atoms with E-state index in [0.717, 1.165) is 23.0 Å². The number of aromatic nitrogens is 3. The van der Waals surface area contributed by atoms with Crippen LogP contribution in [-0.2, 0) is 11.2 Å². The molecular weight excluding hydrogens is 256 g/mol. The van der Waals surface area contributed by atoms with Crippen molar-refractivity contribution >= 4 is 16.9 Å². The average molecular weight is 274 g/mol. The second-order valence-electron chi connectivity index (χ2n) is 4.56. The van der Waals surface area contributed by atoms with E-state index < -0.39 is 5.91 Å². The van der Waals surface area contributed by atoms with Crippen molar-refractivity contribution in [3.8, 4) is 5.88 Å². The van der Waals surface area contributed by atoms with E-state index in [4.69, 9.17) is 10.5 Å². The van der Waals surface area contributed by atoms with Crippen molar-refractivity contribution in [1.82, 2.24) is 15.0 Å². The van der Waals surface area contributed by atoms with Gasteiger partial charge in [0, 0.05) is 6.20 Å². The van der Waals surface area contributed by atoms with Crippen LogP contribution < -0.4 is 10.5 Å². The fraction of sp³-hybridized carbons (Fsp3) is 0.357. The molecule has 6 nitrogen and oxygen atoms in total. The zero-order valence-electron chi connectivity index (χ0n) is 11.6. The number of rotatable bonds is 6. The van der Waals surface area contributed by atoms with E-state index in [-0.39, 0.29) is 6.10 Å². The standard InChI is InChI=1S/C14H18N4O2/c1-3-9(2)20-14-12-10(5-4-6-11(15)19)7-16-13(12)17-8-18-14/h4,6-9H,3,5H2,1-2H3,(H2,15,19)(H,16,17,18). The molecule has 1 unspecified atom stereocenters. The highest BCUT2D eigenvalue weighted by atomic mass is 16.5. The Balaban J connectivity index is 2.33. The van der Waals surface area contributed by atoms with Gasteiger partial charge in [0.1, 0.15) is 12.0 Å². The average Bonchev–Trinajstić information content (AvgIpc) is 2.83. The van der Waals surface area contributed by atoms with Crippen molar-refractivity contribution in [1.29, 1.82) is 0 Å². The highest BCUT2D eigenvalue weighted by Crippen LogP contribution is 2.26. The number of carbonyl (C=O) groups excluding carboxylic acids is 1. The van der Waals surface area contributed by atoms with Gasteiger partial charge in [-0.25, -0.2) is 9.97 Å². The number of primary amides is 1. The summed E-state index contributed by atoms with van der Waals surface area (Å²) in [6.45, 7) is 4.05. The van der Waals surface area contributed by atoms with Crippen LogP contribution >= 0.6 is 0 Å². The molecule has 0 saturated carbocycles. The fourth-order valence-corrected chi connectivity index (χ4v) is 1.82. The summed E-state index contributed by atoms with van der Waals surface area (Å²) >= 11 is 0. The van der Waals surface area contributed by atoms with Crippen LogP contribution in [0, 0.1) is 0 Å². The quantitative estimate of drug-likeness (QED) is 0.784. The van der Waals surface area contributed by atoms with E-state index >= 15 is 0 Å². The first kappa shape index (κ1) is 14.0. The number of hydrogen-bond acceptors (Lipinski definition) is 4. The molecule has 0 radical (unpaired) electrons. The Kier molecular flexibility index (Phi) is 4.34. The van der Waals surface area contributed by atoms with Crippen LogP contribution in [-0.4, -0.2) is 27.0 Å². The molecule has 3 N–H and O–H groups in total. The molecule has 1 amide bonds. The highest BCUT2D eigenvalue weighted by Gasteiger charge is 2.13. The molecule has 6 heteroatoms. The van der Waals surface area contributed by atoms with Gasteiger partial charge in [0.25, 0.3) is 0 Å². The molecule has 0 aliphatic carbocycles. The summed E-state index contributed by atoms with van der Waals surface area (Å²) in [7, 11) is 0. The molecule has 2 rings (SSSR count). The lowest BCUT2D eigenvalue weighted by atomic mass is 10.1. The van der Waals surface area contributed by atoms with Crippen LogP contribution in [0.3, 0.4) is 0 Å². The first-order valence-corrected chi connectivity index (χ1v) is 6.55. The van der Waals surface area contributed by atoms with E-state index in [2.05, 4.69) is 21.9 Å². The SMILES string of the molecule is CCC(C)Oc1ncnc2[nH]cc(CC=CC(N)=O)c12. The number of ether oxygens (including phenoxy) is 1. The largest absolute Gasteiger partial charge is 0.474 e. The van der Waals surface area contributed by atoms with E-state index in [1.807, 2.05) is 13.1 Å². The number of nitrogens with two attached hydrogens (primary N) is 1. The summed E-state index contributed by atoms with van der Waals surface area (Å²) in [6.07, 6.45) is 7.91. The van der Waals surface area contributed by atoms with Crippen LogP contribution in [0.25, 0.3) is 11.0 Å². The molecule has 0 saturated heterocycles. The lowest BCUT2D eigenvalue weighted by molar-refractivity contribution is -0.113. The molecule has 2 aromatic rings. The molecule has 1 atom stereocenters. The van der Waals surface area contributed by atoms with Crippen molar-refractivity contribution in [3.63, 3.8) is 0 Å². The number of hydrogen-bond donors (Lipinski definition) is 2. The van der Waals surface area contributed by atoms with Crippen molar-refractivity contribution in [2.75, 3.05) is 0 Å². The lowest BCUT2D eigenvalue weighted by Gasteiger charge is -2.12. The topological polar surface area (TPSA) is 93.9 Å². The molecule has 0 aromatic carbocycles. The monoisotopic (exact) mass is 274 g/mol. The second-order valence-corrected chi connectivity index (χ2v) is 4.56. The summed E-state index contributed by atoms with van der Waals surface area (Å²) in [4.78, 5) is 22.2. The number of amides is 1. The summed E-state index contributed by atoms with van der Waals surface area (Å²) in [5.74, 6) is 0.102. The van der Waals surface area contributed by atoms with Gasteiger partial charge in [0.15, 0.2) is 0 Å². The minimum atomic E-state index is -0.461. The zero-order chi connectivity index (χ0) is 14.5. The van der Waals surface area contributed by atoms with Gasteiger partial charge in [-0.3, -0.25) is 4.79 Å². The summed E-state index contributed by atoms with van der Waals surface area (Å²) in [5.41, 5.74) is 6.77. The number of nitrogens with zero attached hydrogens (tertiary/aromatic N) is 2. The van der Waals surface area contributed by atoms with Crippen molar-refractivity contribution in [2.45, 2.75) is 32.8 Å². The lowest BCUT2D eigenvalue weighted by Crippen LogP contribution is -2.11. The Morgan fingerprint density at radius 1 is 1.55 bits per heavy atom. The maximum Gasteiger partial charge on any atom is 0.241 e. The Labute approximate surface area is 117 Å². The van der Waals surface area contributed by atoms with E-state index in [1.54, 1.807) is 6.08 Å². The molecule has 0 bridgehead atoms. The zero-order valence-corrected chi connectivity index (χ0v) is 11.6. The third-order valence-electron chi connectivity index (χ3n) is 3.02. The predicted molar refractivity (Wildman–Crippen MR) is 76.3 cm³/mol. The normalized spacial score (nSPS) is 12.9. The molecule has 0 aliphatic heterocycles. The van der Waals surface area contributed by atoms with Gasteiger partial charge >= 0.3 is 0 Å². The van der Waals surface area contributed by atoms with Gasteiger partial charge in [-0.2, -0.15) is 0 Å². The number of allylic oxidation sites excluding steroid dienone is 1. The number of nitrogens with one attached hydrogen (secondary N) is 1. The number of H-pyrrole nitrogens is 1. The predicted octanol–water partition coefficient (Wildman–Crippen LogP) is 1.72. The van der Waals surface area contributed by atoms with Gasteiger partial charge < -0.3 is 15.5 Å². The molecule has 106 valence electrons. The van der Waals surface area contributed by atoms with Crippen LogP contribution in [0.15, 0.2) is 24.7 Å². The summed E-state index contributed by atoms with van der Waals surface area (Å²) in [5, 5.41) is 0.849. The summed E-state index contributed by atoms with van der Waals surface area (Å²) in [6, 6.07) is 0. The van der Waals surface area contributed by atoms with Crippen LogP contribution in [0.5, 0.6) is 5.88 Å². The van der Waals surface area contributed by atoms with Gasteiger partial charge in [0.2, 0.25) is 11.8 Å². The molecule has 2 aromatic heterocycles. The van der Waals surface area contributed by atoms with Crippen molar-refractivity contribution in [2.24, 2.45) is 5.73 Å². The van der Waals surface area contributed by atoms with Gasteiger partial charge in [-0.15, -0.1) is 0 Å². The molecule has 0 fully saturated rings. The third-order valence-corrected chi connectivity index (χ3v) is 3.02. The minimum Gasteiger partial charge on any atom is -0.474 e. The first-order chi connectivity index (χ1) is 9.61. The summed E-state index contributed by atoms with van der Waals surface area (Å²) < 4.78 is 5.82. The van der Waals surface area contributed by atoms with E-state index in [0.29, 0.717) is 12.3 Å². The molecule has 0 aliphatic rings. The first-order valence-electron chi connectivity index (χ1n) is 6.55. The number of aromatic amines is 1. The van der Waals surface area contributed by atoms with Crippen molar-refractivity contribution < 1.29 is 9.53 Å². The van der Waals surface area contributed by atoms with Crippen molar-refractivity contribution in [3.05, 3.63) is 30.2 Å². The van der Waals surface area contributed by atoms with Gasteiger partial charge in [0.05, 0.1) is 11.5 Å². The maximum atomic E-state index is 10.7.